The van der Waals surface area contributed by atoms with Crippen molar-refractivity contribution in [2.75, 3.05) is 19.9 Å². The quantitative estimate of drug-likeness (QED) is 0.787. The van der Waals surface area contributed by atoms with Gasteiger partial charge in [0.2, 0.25) is 0 Å². The Morgan fingerprint density at radius 1 is 1.53 bits per heavy atom. The summed E-state index contributed by atoms with van der Waals surface area (Å²) in [6.07, 6.45) is 0. The summed E-state index contributed by atoms with van der Waals surface area (Å²) in [5.41, 5.74) is 2.55. The van der Waals surface area contributed by atoms with Crippen LogP contribution >= 0.6 is 11.8 Å². The SMILES string of the molecule is CNC(CSCc1cccc(C)c1)C(=O)OC. The van der Waals surface area contributed by atoms with Crippen molar-refractivity contribution in [3.05, 3.63) is 35.4 Å². The van der Waals surface area contributed by atoms with Gasteiger partial charge < -0.3 is 10.1 Å². The van der Waals surface area contributed by atoms with Gasteiger partial charge in [0.1, 0.15) is 6.04 Å². The van der Waals surface area contributed by atoms with Crippen molar-refractivity contribution >= 4 is 17.7 Å². The monoisotopic (exact) mass is 253 g/mol. The predicted octanol–water partition coefficient (Wildman–Crippen LogP) is 1.99. The molecule has 0 radical (unpaired) electrons. The Labute approximate surface area is 107 Å². The molecule has 0 bridgehead atoms. The number of ether oxygens (including phenoxy) is 1. The zero-order valence-corrected chi connectivity index (χ0v) is 11.3. The van der Waals surface area contributed by atoms with E-state index in [-0.39, 0.29) is 12.0 Å². The van der Waals surface area contributed by atoms with E-state index in [2.05, 4.69) is 36.5 Å². The lowest BCUT2D eigenvalue weighted by Gasteiger charge is -2.13. The summed E-state index contributed by atoms with van der Waals surface area (Å²) in [6, 6.07) is 8.18. The van der Waals surface area contributed by atoms with E-state index in [4.69, 9.17) is 4.74 Å². The number of hydrogen-bond donors (Lipinski definition) is 1. The molecule has 17 heavy (non-hydrogen) atoms. The molecule has 1 rings (SSSR count). The molecule has 1 aromatic carbocycles. The van der Waals surface area contributed by atoms with E-state index in [0.717, 1.165) is 11.5 Å². The molecule has 0 aromatic heterocycles. The number of likely N-dealkylation sites (N-methyl/N-ethyl adjacent to an activating group) is 1. The topological polar surface area (TPSA) is 38.3 Å². The first-order valence-electron chi connectivity index (χ1n) is 5.55. The fraction of sp³-hybridized carbons (Fsp3) is 0.462. The number of nitrogens with one attached hydrogen (secondary N) is 1. The van der Waals surface area contributed by atoms with Crippen LogP contribution in [0.3, 0.4) is 0 Å². The molecule has 94 valence electrons. The zero-order valence-electron chi connectivity index (χ0n) is 10.5. The van der Waals surface area contributed by atoms with Crippen LogP contribution in [0.1, 0.15) is 11.1 Å². The highest BCUT2D eigenvalue weighted by Crippen LogP contribution is 2.14. The van der Waals surface area contributed by atoms with E-state index in [9.17, 15) is 4.79 Å². The molecule has 1 aromatic rings. The van der Waals surface area contributed by atoms with Gasteiger partial charge in [0.15, 0.2) is 0 Å². The molecule has 4 heteroatoms. The summed E-state index contributed by atoms with van der Waals surface area (Å²) in [6.45, 7) is 2.08. The van der Waals surface area contributed by atoms with Crippen molar-refractivity contribution in [1.82, 2.24) is 5.32 Å². The van der Waals surface area contributed by atoms with E-state index >= 15 is 0 Å². The number of carbonyl (C=O) groups is 1. The first-order chi connectivity index (χ1) is 8.17. The lowest BCUT2D eigenvalue weighted by atomic mass is 10.2. The summed E-state index contributed by atoms with van der Waals surface area (Å²) in [5, 5.41) is 2.96. The second-order valence-corrected chi connectivity index (χ2v) is 4.90. The molecule has 1 N–H and O–H groups in total. The summed E-state index contributed by atoms with van der Waals surface area (Å²) in [7, 11) is 3.19. The lowest BCUT2D eigenvalue weighted by molar-refractivity contribution is -0.142. The molecule has 0 amide bonds. The highest BCUT2D eigenvalue weighted by molar-refractivity contribution is 7.98. The molecule has 0 fully saturated rings. The smallest absolute Gasteiger partial charge is 0.323 e. The largest absolute Gasteiger partial charge is 0.468 e. The summed E-state index contributed by atoms with van der Waals surface area (Å²) in [4.78, 5) is 11.3. The highest BCUT2D eigenvalue weighted by atomic mass is 32.2. The second kappa shape index (κ2) is 7.35. The number of hydrogen-bond acceptors (Lipinski definition) is 4. The van der Waals surface area contributed by atoms with Crippen molar-refractivity contribution < 1.29 is 9.53 Å². The minimum Gasteiger partial charge on any atom is -0.468 e. The number of methoxy groups -OCH3 is 1. The number of benzene rings is 1. The standard InChI is InChI=1S/C13H19NO2S/c1-10-5-4-6-11(7-10)8-17-9-12(14-2)13(15)16-3/h4-7,12,14H,8-9H2,1-3H3. The van der Waals surface area contributed by atoms with Crippen LogP contribution in [-0.4, -0.2) is 31.9 Å². The van der Waals surface area contributed by atoms with Gasteiger partial charge in [-0.25, -0.2) is 0 Å². The Balaban J connectivity index is 2.38. The van der Waals surface area contributed by atoms with Gasteiger partial charge in [-0.05, 0) is 19.5 Å². The Bertz CT molecular complexity index is 368. The van der Waals surface area contributed by atoms with Gasteiger partial charge in [0.05, 0.1) is 7.11 Å². The maximum atomic E-state index is 11.3. The van der Waals surface area contributed by atoms with Crippen molar-refractivity contribution in [1.29, 1.82) is 0 Å². The van der Waals surface area contributed by atoms with Crippen LogP contribution in [0.4, 0.5) is 0 Å². The molecule has 1 atom stereocenters. The molecule has 0 aliphatic carbocycles. The van der Waals surface area contributed by atoms with E-state index in [1.54, 1.807) is 18.8 Å². The fourth-order valence-corrected chi connectivity index (χ4v) is 2.58. The molecule has 3 nitrogen and oxygen atoms in total. The lowest BCUT2D eigenvalue weighted by Crippen LogP contribution is -2.37. The molecular weight excluding hydrogens is 234 g/mol. The van der Waals surface area contributed by atoms with Crippen LogP contribution in [0.5, 0.6) is 0 Å². The van der Waals surface area contributed by atoms with Gasteiger partial charge >= 0.3 is 5.97 Å². The van der Waals surface area contributed by atoms with Gasteiger partial charge in [0.25, 0.3) is 0 Å². The number of esters is 1. The number of aryl methyl sites for hydroxylation is 1. The molecule has 0 saturated heterocycles. The molecule has 0 aliphatic rings. The maximum Gasteiger partial charge on any atom is 0.323 e. The summed E-state index contributed by atoms with van der Waals surface area (Å²) < 4.78 is 4.71. The maximum absolute atomic E-state index is 11.3. The van der Waals surface area contributed by atoms with Crippen LogP contribution in [-0.2, 0) is 15.3 Å². The van der Waals surface area contributed by atoms with Gasteiger partial charge in [-0.2, -0.15) is 11.8 Å². The van der Waals surface area contributed by atoms with Gasteiger partial charge in [-0.1, -0.05) is 29.8 Å². The van der Waals surface area contributed by atoms with Gasteiger partial charge in [0, 0.05) is 11.5 Å². The molecular formula is C13H19NO2S. The zero-order chi connectivity index (χ0) is 12.7. The summed E-state index contributed by atoms with van der Waals surface area (Å²) >= 11 is 1.73. The Kier molecular flexibility index (Phi) is 6.08. The normalized spacial score (nSPS) is 12.2. The van der Waals surface area contributed by atoms with Crippen LogP contribution in [0.2, 0.25) is 0 Å². The van der Waals surface area contributed by atoms with Crippen LogP contribution in [0.25, 0.3) is 0 Å². The van der Waals surface area contributed by atoms with Crippen LogP contribution in [0.15, 0.2) is 24.3 Å². The molecule has 0 spiro atoms. The first kappa shape index (κ1) is 14.1. The van der Waals surface area contributed by atoms with E-state index in [1.165, 1.54) is 18.2 Å². The Morgan fingerprint density at radius 2 is 2.29 bits per heavy atom. The Hall–Kier alpha value is -1.00. The van der Waals surface area contributed by atoms with Gasteiger partial charge in [-0.3, -0.25) is 4.79 Å². The van der Waals surface area contributed by atoms with E-state index < -0.39 is 0 Å². The third kappa shape index (κ3) is 4.79. The highest BCUT2D eigenvalue weighted by Gasteiger charge is 2.16. The van der Waals surface area contributed by atoms with Crippen molar-refractivity contribution in [2.24, 2.45) is 0 Å². The fourth-order valence-electron chi connectivity index (χ4n) is 1.51. The second-order valence-electron chi connectivity index (χ2n) is 3.87. The minimum atomic E-state index is -0.227. The first-order valence-corrected chi connectivity index (χ1v) is 6.71. The third-order valence-corrected chi connectivity index (χ3v) is 3.58. The summed E-state index contributed by atoms with van der Waals surface area (Å²) in [5.74, 6) is 1.43. The van der Waals surface area contributed by atoms with Crippen LogP contribution < -0.4 is 5.32 Å². The molecule has 0 aliphatic heterocycles. The number of thioether (sulfide) groups is 1. The van der Waals surface area contributed by atoms with Crippen molar-refractivity contribution in [3.8, 4) is 0 Å². The van der Waals surface area contributed by atoms with Gasteiger partial charge in [-0.15, -0.1) is 0 Å². The van der Waals surface area contributed by atoms with E-state index in [1.807, 2.05) is 0 Å². The predicted molar refractivity (Wildman–Crippen MR) is 72.2 cm³/mol. The molecule has 1 unspecified atom stereocenters. The average molecular weight is 253 g/mol. The molecule has 0 saturated carbocycles. The third-order valence-electron chi connectivity index (χ3n) is 2.47. The minimum absolute atomic E-state index is 0.204. The molecule has 0 heterocycles. The average Bonchev–Trinajstić information content (AvgIpc) is 2.34. The number of carbonyl (C=O) groups excluding carboxylic acids is 1. The number of rotatable bonds is 6. The van der Waals surface area contributed by atoms with Crippen molar-refractivity contribution in [2.45, 2.75) is 18.7 Å². The van der Waals surface area contributed by atoms with Crippen molar-refractivity contribution in [3.63, 3.8) is 0 Å². The Morgan fingerprint density at radius 3 is 2.88 bits per heavy atom. The van der Waals surface area contributed by atoms with E-state index in [0.29, 0.717) is 0 Å². The van der Waals surface area contributed by atoms with Crippen LogP contribution in [0, 0.1) is 6.92 Å².